The van der Waals surface area contributed by atoms with E-state index in [-0.39, 0.29) is 11.3 Å². The molecule has 0 aliphatic heterocycles. The van der Waals surface area contributed by atoms with Crippen molar-refractivity contribution in [1.82, 2.24) is 0 Å². The number of anilines is 1. The Balaban J connectivity index is 2.28. The normalized spacial score (nSPS) is 20.4. The molecule has 0 bridgehead atoms. The highest BCUT2D eigenvalue weighted by Crippen LogP contribution is 2.54. The Bertz CT molecular complexity index is 456. The van der Waals surface area contributed by atoms with Crippen molar-refractivity contribution in [2.45, 2.75) is 32.2 Å². The number of amides is 1. The third kappa shape index (κ3) is 2.12. The minimum absolute atomic E-state index is 0.0544. The Morgan fingerprint density at radius 2 is 2.18 bits per heavy atom. The third-order valence-corrected chi connectivity index (χ3v) is 4.15. The van der Waals surface area contributed by atoms with Crippen molar-refractivity contribution in [2.24, 2.45) is 11.1 Å². The summed E-state index contributed by atoms with van der Waals surface area (Å²) in [5.74, 6) is -0.322. The van der Waals surface area contributed by atoms with Crippen LogP contribution in [0.25, 0.3) is 0 Å². The smallest absolute Gasteiger partial charge is 0.243 e. The van der Waals surface area contributed by atoms with Gasteiger partial charge in [0.25, 0.3) is 0 Å². The van der Waals surface area contributed by atoms with E-state index in [1.807, 2.05) is 19.1 Å². The third-order valence-electron chi connectivity index (χ3n) is 3.92. The molecule has 1 saturated carbocycles. The average Bonchev–Trinajstić information content (AvgIpc) is 2.97. The lowest BCUT2D eigenvalue weighted by atomic mass is 9.83. The van der Waals surface area contributed by atoms with Gasteiger partial charge in [0.2, 0.25) is 5.91 Å². The van der Waals surface area contributed by atoms with Crippen LogP contribution < -0.4 is 11.1 Å². The van der Waals surface area contributed by atoms with Gasteiger partial charge in [0, 0.05) is 10.7 Å². The minimum atomic E-state index is -0.725. The summed E-state index contributed by atoms with van der Waals surface area (Å²) >= 11 is 5.93. The number of primary amides is 1. The van der Waals surface area contributed by atoms with Gasteiger partial charge in [0.1, 0.15) is 5.54 Å². The maximum atomic E-state index is 11.7. The predicted octanol–water partition coefficient (Wildman–Crippen LogP) is 2.80. The first-order chi connectivity index (χ1) is 7.87. The molecule has 0 radical (unpaired) electrons. The zero-order chi connectivity index (χ0) is 12.7. The molecule has 1 unspecified atom stereocenters. The largest absolute Gasteiger partial charge is 0.371 e. The van der Waals surface area contributed by atoms with E-state index in [1.54, 1.807) is 12.1 Å². The van der Waals surface area contributed by atoms with Crippen LogP contribution >= 0.6 is 11.6 Å². The number of hydrogen-bond acceptors (Lipinski definition) is 2. The van der Waals surface area contributed by atoms with Crippen LogP contribution in [0.4, 0.5) is 5.69 Å². The molecule has 0 spiro atoms. The van der Waals surface area contributed by atoms with E-state index >= 15 is 0 Å². The molecule has 1 aliphatic carbocycles. The quantitative estimate of drug-likeness (QED) is 0.866. The fraction of sp³-hybridized carbons (Fsp3) is 0.462. The van der Waals surface area contributed by atoms with Crippen LogP contribution in [0.1, 0.15) is 26.7 Å². The van der Waals surface area contributed by atoms with Crippen LogP contribution in [0, 0.1) is 5.41 Å². The van der Waals surface area contributed by atoms with Crippen LogP contribution in [0.3, 0.4) is 0 Å². The van der Waals surface area contributed by atoms with Crippen LogP contribution in [0.15, 0.2) is 24.3 Å². The summed E-state index contributed by atoms with van der Waals surface area (Å²) in [7, 11) is 0. The van der Waals surface area contributed by atoms with Crippen LogP contribution in [-0.4, -0.2) is 11.4 Å². The molecule has 1 amide bonds. The van der Waals surface area contributed by atoms with Gasteiger partial charge in [0.15, 0.2) is 0 Å². The van der Waals surface area contributed by atoms with Gasteiger partial charge in [-0.15, -0.1) is 0 Å². The molecule has 92 valence electrons. The Hall–Kier alpha value is -1.22. The van der Waals surface area contributed by atoms with Crippen molar-refractivity contribution in [2.75, 3.05) is 5.32 Å². The number of carbonyl (C=O) groups is 1. The first kappa shape index (κ1) is 12.2. The summed E-state index contributed by atoms with van der Waals surface area (Å²) in [6, 6.07) is 7.34. The van der Waals surface area contributed by atoms with Crippen molar-refractivity contribution in [1.29, 1.82) is 0 Å². The van der Waals surface area contributed by atoms with Gasteiger partial charge < -0.3 is 11.1 Å². The van der Waals surface area contributed by atoms with Crippen molar-refractivity contribution < 1.29 is 4.79 Å². The average molecular weight is 253 g/mol. The summed E-state index contributed by atoms with van der Waals surface area (Å²) in [5, 5.41) is 3.88. The van der Waals surface area contributed by atoms with Crippen molar-refractivity contribution in [3.63, 3.8) is 0 Å². The van der Waals surface area contributed by atoms with E-state index in [1.165, 1.54) is 0 Å². The monoisotopic (exact) mass is 252 g/mol. The molecular weight excluding hydrogens is 236 g/mol. The molecule has 3 nitrogen and oxygen atoms in total. The molecule has 1 aliphatic rings. The second kappa shape index (κ2) is 3.91. The molecule has 1 aromatic rings. The molecule has 1 fully saturated rings. The maximum Gasteiger partial charge on any atom is 0.243 e. The van der Waals surface area contributed by atoms with Crippen molar-refractivity contribution in [3.8, 4) is 0 Å². The number of rotatable bonds is 4. The number of nitrogens with two attached hydrogens (primary N) is 1. The van der Waals surface area contributed by atoms with Gasteiger partial charge in [-0.3, -0.25) is 4.79 Å². The zero-order valence-electron chi connectivity index (χ0n) is 10.1. The van der Waals surface area contributed by atoms with Crippen molar-refractivity contribution in [3.05, 3.63) is 29.3 Å². The fourth-order valence-corrected chi connectivity index (χ4v) is 2.24. The lowest BCUT2D eigenvalue weighted by Crippen LogP contribution is -2.54. The maximum absolute atomic E-state index is 11.7. The highest BCUT2D eigenvalue weighted by Gasteiger charge is 2.56. The Morgan fingerprint density at radius 1 is 1.53 bits per heavy atom. The van der Waals surface area contributed by atoms with E-state index in [4.69, 9.17) is 17.3 Å². The molecule has 4 heteroatoms. The van der Waals surface area contributed by atoms with Crippen LogP contribution in [-0.2, 0) is 4.79 Å². The predicted molar refractivity (Wildman–Crippen MR) is 70.0 cm³/mol. The molecule has 17 heavy (non-hydrogen) atoms. The molecule has 1 atom stereocenters. The Morgan fingerprint density at radius 3 is 2.65 bits per heavy atom. The lowest BCUT2D eigenvalue weighted by Gasteiger charge is -2.35. The summed E-state index contributed by atoms with van der Waals surface area (Å²) in [6.45, 7) is 3.94. The van der Waals surface area contributed by atoms with Crippen molar-refractivity contribution >= 4 is 23.2 Å². The summed E-state index contributed by atoms with van der Waals surface area (Å²) in [5.41, 5.74) is 5.60. The fourth-order valence-electron chi connectivity index (χ4n) is 2.05. The van der Waals surface area contributed by atoms with Gasteiger partial charge in [0.05, 0.1) is 0 Å². The van der Waals surface area contributed by atoms with Crippen LogP contribution in [0.2, 0.25) is 5.02 Å². The second-order valence-electron chi connectivity index (χ2n) is 5.19. The summed E-state index contributed by atoms with van der Waals surface area (Å²) in [4.78, 5) is 11.7. The molecule has 0 heterocycles. The van der Waals surface area contributed by atoms with Crippen LogP contribution in [0.5, 0.6) is 0 Å². The van der Waals surface area contributed by atoms with E-state index in [0.717, 1.165) is 18.5 Å². The molecule has 3 N–H and O–H groups in total. The number of hydrogen-bond donors (Lipinski definition) is 2. The van der Waals surface area contributed by atoms with Gasteiger partial charge in [-0.05, 0) is 43.4 Å². The van der Waals surface area contributed by atoms with Gasteiger partial charge in [-0.2, -0.15) is 0 Å². The van der Waals surface area contributed by atoms with Gasteiger partial charge in [-0.1, -0.05) is 24.6 Å². The first-order valence-electron chi connectivity index (χ1n) is 5.71. The zero-order valence-corrected chi connectivity index (χ0v) is 10.8. The molecule has 0 saturated heterocycles. The molecule has 2 rings (SSSR count). The molecule has 0 aromatic heterocycles. The Kier molecular flexibility index (Phi) is 2.82. The number of nitrogens with one attached hydrogen (secondary N) is 1. The summed E-state index contributed by atoms with van der Waals surface area (Å²) in [6.07, 6.45) is 2.03. The highest BCUT2D eigenvalue weighted by molar-refractivity contribution is 6.30. The lowest BCUT2D eigenvalue weighted by molar-refractivity contribution is -0.123. The number of benzene rings is 1. The van der Waals surface area contributed by atoms with E-state index in [0.29, 0.717) is 5.02 Å². The molecule has 1 aromatic carbocycles. The second-order valence-corrected chi connectivity index (χ2v) is 5.62. The highest BCUT2D eigenvalue weighted by atomic mass is 35.5. The van der Waals surface area contributed by atoms with E-state index < -0.39 is 5.54 Å². The summed E-state index contributed by atoms with van der Waals surface area (Å²) < 4.78 is 0. The Labute approximate surface area is 106 Å². The minimum Gasteiger partial charge on any atom is -0.371 e. The van der Waals surface area contributed by atoms with Gasteiger partial charge >= 0.3 is 0 Å². The SMILES string of the molecule is CC1(C(C)(Nc2cccc(Cl)c2)C(N)=O)CC1. The molecular formula is C13H17ClN2O. The van der Waals surface area contributed by atoms with Gasteiger partial charge in [-0.25, -0.2) is 0 Å². The standard InChI is InChI=1S/C13H17ClN2O/c1-12(6-7-12)13(2,11(15)17)16-10-5-3-4-9(14)8-10/h3-5,8,16H,6-7H2,1-2H3,(H2,15,17). The number of halogens is 1. The first-order valence-corrected chi connectivity index (χ1v) is 6.09. The van der Waals surface area contributed by atoms with E-state index in [2.05, 4.69) is 12.2 Å². The topological polar surface area (TPSA) is 55.1 Å². The number of carbonyl (C=O) groups excluding carboxylic acids is 1. The van der Waals surface area contributed by atoms with E-state index in [9.17, 15) is 4.79 Å².